The standard InChI is InChI=1S/C23H27ClN2O4/c1-17-14-20(9-10-21(17)24)29-13-5-8-22(27)25-18-6-4-7-19(15-18)30-16-23(28)26-11-2-3-12-26/h4,6-7,9-10,14-15H,2-3,5,8,11-13,16H2,1H3,(H,25,27). The maximum absolute atomic E-state index is 12.2. The van der Waals surface area contributed by atoms with Crippen LogP contribution >= 0.6 is 11.6 Å². The molecule has 7 heteroatoms. The van der Waals surface area contributed by atoms with E-state index in [4.69, 9.17) is 21.1 Å². The van der Waals surface area contributed by atoms with Crippen LogP contribution in [0.5, 0.6) is 11.5 Å². The molecule has 2 amide bonds. The van der Waals surface area contributed by atoms with Gasteiger partial charge in [-0.3, -0.25) is 9.59 Å². The predicted molar refractivity (Wildman–Crippen MR) is 117 cm³/mol. The summed E-state index contributed by atoms with van der Waals surface area (Å²) in [6, 6.07) is 12.6. The number of hydrogen-bond acceptors (Lipinski definition) is 4. The Labute approximate surface area is 182 Å². The van der Waals surface area contributed by atoms with Crippen molar-refractivity contribution in [3.05, 3.63) is 53.1 Å². The van der Waals surface area contributed by atoms with E-state index in [1.807, 2.05) is 24.0 Å². The molecule has 3 rings (SSSR count). The Morgan fingerprint density at radius 1 is 1.07 bits per heavy atom. The molecule has 0 aliphatic carbocycles. The van der Waals surface area contributed by atoms with Crippen LogP contribution < -0.4 is 14.8 Å². The smallest absolute Gasteiger partial charge is 0.260 e. The number of carbonyl (C=O) groups is 2. The van der Waals surface area contributed by atoms with Crippen LogP contribution in [-0.2, 0) is 9.59 Å². The van der Waals surface area contributed by atoms with Crippen LogP contribution in [-0.4, -0.2) is 43.0 Å². The lowest BCUT2D eigenvalue weighted by Crippen LogP contribution is -2.32. The topological polar surface area (TPSA) is 67.9 Å². The number of amides is 2. The number of aryl methyl sites for hydroxylation is 1. The van der Waals surface area contributed by atoms with Gasteiger partial charge in [-0.2, -0.15) is 0 Å². The van der Waals surface area contributed by atoms with E-state index < -0.39 is 0 Å². The van der Waals surface area contributed by atoms with E-state index in [2.05, 4.69) is 5.32 Å². The number of benzene rings is 2. The highest BCUT2D eigenvalue weighted by molar-refractivity contribution is 6.31. The molecule has 0 saturated carbocycles. The third kappa shape index (κ3) is 6.66. The van der Waals surface area contributed by atoms with Crippen molar-refractivity contribution in [3.63, 3.8) is 0 Å². The molecule has 0 unspecified atom stereocenters. The number of anilines is 1. The molecule has 1 heterocycles. The van der Waals surface area contributed by atoms with Gasteiger partial charge in [-0.25, -0.2) is 0 Å². The van der Waals surface area contributed by atoms with Gasteiger partial charge in [0.05, 0.1) is 6.61 Å². The molecule has 0 aromatic heterocycles. The summed E-state index contributed by atoms with van der Waals surface area (Å²) in [6.45, 7) is 3.98. The fraction of sp³-hybridized carbons (Fsp3) is 0.391. The molecule has 160 valence electrons. The summed E-state index contributed by atoms with van der Waals surface area (Å²) in [7, 11) is 0. The van der Waals surface area contributed by atoms with Gasteiger partial charge in [-0.1, -0.05) is 17.7 Å². The van der Waals surface area contributed by atoms with Gasteiger partial charge < -0.3 is 19.7 Å². The summed E-state index contributed by atoms with van der Waals surface area (Å²) in [5.74, 6) is 1.20. The van der Waals surface area contributed by atoms with E-state index in [0.29, 0.717) is 35.9 Å². The molecule has 1 saturated heterocycles. The highest BCUT2D eigenvalue weighted by Crippen LogP contribution is 2.21. The molecular weight excluding hydrogens is 404 g/mol. The molecule has 0 radical (unpaired) electrons. The van der Waals surface area contributed by atoms with Gasteiger partial charge in [0.15, 0.2) is 6.61 Å². The van der Waals surface area contributed by atoms with Crippen LogP contribution in [0.3, 0.4) is 0 Å². The van der Waals surface area contributed by atoms with Crippen molar-refractivity contribution in [2.45, 2.75) is 32.6 Å². The lowest BCUT2D eigenvalue weighted by atomic mass is 10.2. The normalized spacial score (nSPS) is 13.2. The number of rotatable bonds is 9. The number of carbonyl (C=O) groups excluding carboxylic acids is 2. The zero-order valence-corrected chi connectivity index (χ0v) is 17.9. The summed E-state index contributed by atoms with van der Waals surface area (Å²) >= 11 is 6.00. The quantitative estimate of drug-likeness (QED) is 0.597. The number of nitrogens with zero attached hydrogens (tertiary/aromatic N) is 1. The summed E-state index contributed by atoms with van der Waals surface area (Å²) < 4.78 is 11.3. The van der Waals surface area contributed by atoms with Crippen LogP contribution in [0.2, 0.25) is 5.02 Å². The van der Waals surface area contributed by atoms with Crippen molar-refractivity contribution in [1.82, 2.24) is 4.90 Å². The number of likely N-dealkylation sites (tertiary alicyclic amines) is 1. The first-order valence-electron chi connectivity index (χ1n) is 10.2. The van der Waals surface area contributed by atoms with Crippen molar-refractivity contribution in [3.8, 4) is 11.5 Å². The molecule has 2 aromatic carbocycles. The van der Waals surface area contributed by atoms with Crippen LogP contribution in [0.4, 0.5) is 5.69 Å². The third-order valence-corrected chi connectivity index (χ3v) is 5.31. The zero-order valence-electron chi connectivity index (χ0n) is 17.2. The Balaban J connectivity index is 1.38. The first-order chi connectivity index (χ1) is 14.5. The molecule has 0 atom stereocenters. The first kappa shape index (κ1) is 22.0. The SMILES string of the molecule is Cc1cc(OCCCC(=O)Nc2cccc(OCC(=O)N3CCCC3)c2)ccc1Cl. The Hall–Kier alpha value is -2.73. The number of ether oxygens (including phenoxy) is 2. The van der Waals surface area contributed by atoms with E-state index in [1.165, 1.54) is 0 Å². The molecular formula is C23H27ClN2O4. The van der Waals surface area contributed by atoms with E-state index in [0.717, 1.165) is 37.2 Å². The van der Waals surface area contributed by atoms with Gasteiger partial charge in [0.2, 0.25) is 5.91 Å². The average Bonchev–Trinajstić information content (AvgIpc) is 3.27. The Bertz CT molecular complexity index is 881. The molecule has 1 fully saturated rings. The summed E-state index contributed by atoms with van der Waals surface area (Å²) in [5.41, 5.74) is 1.59. The number of hydrogen-bond donors (Lipinski definition) is 1. The highest BCUT2D eigenvalue weighted by Gasteiger charge is 2.18. The molecule has 2 aromatic rings. The molecule has 0 bridgehead atoms. The number of halogens is 1. The minimum atomic E-state index is -0.101. The predicted octanol–water partition coefficient (Wildman–Crippen LogP) is 4.45. The van der Waals surface area contributed by atoms with E-state index in [1.54, 1.807) is 30.3 Å². The van der Waals surface area contributed by atoms with Crippen molar-refractivity contribution in [2.75, 3.05) is 31.6 Å². The van der Waals surface area contributed by atoms with Crippen LogP contribution in [0, 0.1) is 6.92 Å². The van der Waals surface area contributed by atoms with Crippen molar-refractivity contribution >= 4 is 29.1 Å². The fourth-order valence-electron chi connectivity index (χ4n) is 3.22. The molecule has 30 heavy (non-hydrogen) atoms. The van der Waals surface area contributed by atoms with Gasteiger partial charge in [-0.15, -0.1) is 0 Å². The minimum Gasteiger partial charge on any atom is -0.494 e. The van der Waals surface area contributed by atoms with E-state index in [9.17, 15) is 9.59 Å². The average molecular weight is 431 g/mol. The fourth-order valence-corrected chi connectivity index (χ4v) is 3.34. The highest BCUT2D eigenvalue weighted by atomic mass is 35.5. The van der Waals surface area contributed by atoms with E-state index >= 15 is 0 Å². The van der Waals surface area contributed by atoms with Gasteiger partial charge in [-0.05, 0) is 62.1 Å². The third-order valence-electron chi connectivity index (χ3n) is 4.89. The second-order valence-corrected chi connectivity index (χ2v) is 7.72. The summed E-state index contributed by atoms with van der Waals surface area (Å²) in [6.07, 6.45) is 3.04. The summed E-state index contributed by atoms with van der Waals surface area (Å²) in [4.78, 5) is 26.1. The monoisotopic (exact) mass is 430 g/mol. The maximum Gasteiger partial charge on any atom is 0.260 e. The molecule has 1 N–H and O–H groups in total. The van der Waals surface area contributed by atoms with Crippen molar-refractivity contribution in [1.29, 1.82) is 0 Å². The lowest BCUT2D eigenvalue weighted by molar-refractivity contribution is -0.132. The van der Waals surface area contributed by atoms with Gasteiger partial charge in [0.1, 0.15) is 11.5 Å². The maximum atomic E-state index is 12.2. The molecule has 1 aliphatic heterocycles. The zero-order chi connectivity index (χ0) is 21.3. The Morgan fingerprint density at radius 2 is 1.83 bits per heavy atom. The molecule has 1 aliphatic rings. The molecule has 6 nitrogen and oxygen atoms in total. The van der Waals surface area contributed by atoms with Crippen LogP contribution in [0.15, 0.2) is 42.5 Å². The van der Waals surface area contributed by atoms with Crippen molar-refractivity contribution < 1.29 is 19.1 Å². The molecule has 0 spiro atoms. The van der Waals surface area contributed by atoms with Crippen LogP contribution in [0.25, 0.3) is 0 Å². The first-order valence-corrected chi connectivity index (χ1v) is 10.6. The minimum absolute atomic E-state index is 0.00202. The second kappa shape index (κ2) is 10.9. The van der Waals surface area contributed by atoms with E-state index in [-0.39, 0.29) is 18.4 Å². The Kier molecular flexibility index (Phi) is 7.97. The van der Waals surface area contributed by atoms with Gasteiger partial charge >= 0.3 is 0 Å². The van der Waals surface area contributed by atoms with Gasteiger partial charge in [0.25, 0.3) is 5.91 Å². The largest absolute Gasteiger partial charge is 0.494 e. The number of nitrogens with one attached hydrogen (secondary N) is 1. The Morgan fingerprint density at radius 3 is 2.60 bits per heavy atom. The van der Waals surface area contributed by atoms with Gasteiger partial charge in [0, 0.05) is 36.3 Å². The summed E-state index contributed by atoms with van der Waals surface area (Å²) in [5, 5.41) is 3.56. The second-order valence-electron chi connectivity index (χ2n) is 7.32. The van der Waals surface area contributed by atoms with Crippen LogP contribution in [0.1, 0.15) is 31.2 Å². The lowest BCUT2D eigenvalue weighted by Gasteiger charge is -2.15. The van der Waals surface area contributed by atoms with Crippen molar-refractivity contribution in [2.24, 2.45) is 0 Å².